The number of hydrogen-bond acceptors (Lipinski definition) is 1. The molecule has 0 aliphatic carbocycles. The van der Waals surface area contributed by atoms with Crippen molar-refractivity contribution < 1.29 is 0 Å². The van der Waals surface area contributed by atoms with Gasteiger partial charge in [0.05, 0.1) is 0 Å². The van der Waals surface area contributed by atoms with E-state index < -0.39 is 0 Å². The van der Waals surface area contributed by atoms with Crippen molar-refractivity contribution in [2.45, 2.75) is 44.6 Å². The van der Waals surface area contributed by atoms with E-state index in [0.717, 1.165) is 18.0 Å². The molecule has 0 saturated carbocycles. The average Bonchev–Trinajstić information content (AvgIpc) is 2.48. The maximum absolute atomic E-state index is 6.24. The highest BCUT2D eigenvalue weighted by atomic mass is 35.5. The average molecular weight is 272 g/mol. The van der Waals surface area contributed by atoms with Crippen LogP contribution in [0.4, 0.5) is 0 Å². The van der Waals surface area contributed by atoms with Gasteiger partial charge in [0.2, 0.25) is 0 Å². The maximum Gasteiger partial charge on any atom is 0.0453 e. The summed E-state index contributed by atoms with van der Waals surface area (Å²) in [4.78, 5) is 0. The van der Waals surface area contributed by atoms with Crippen LogP contribution >= 0.6 is 23.2 Å². The van der Waals surface area contributed by atoms with E-state index in [1.807, 2.05) is 18.2 Å². The van der Waals surface area contributed by atoms with Gasteiger partial charge in [-0.2, -0.15) is 0 Å². The first-order valence-corrected chi connectivity index (χ1v) is 7.04. The fourth-order valence-corrected chi connectivity index (χ4v) is 3.01. The second-order valence-corrected chi connectivity index (χ2v) is 6.05. The van der Waals surface area contributed by atoms with Crippen LogP contribution in [0.5, 0.6) is 0 Å². The van der Waals surface area contributed by atoms with Crippen molar-refractivity contribution in [3.05, 3.63) is 33.8 Å². The third-order valence-corrected chi connectivity index (χ3v) is 4.14. The van der Waals surface area contributed by atoms with Crippen LogP contribution in [0.25, 0.3) is 0 Å². The summed E-state index contributed by atoms with van der Waals surface area (Å²) in [5.74, 6) is 0. The van der Waals surface area contributed by atoms with Crippen molar-refractivity contribution in [1.82, 2.24) is 5.32 Å². The lowest BCUT2D eigenvalue weighted by Gasteiger charge is -2.30. The quantitative estimate of drug-likeness (QED) is 0.838. The monoisotopic (exact) mass is 271 g/mol. The Kier molecular flexibility index (Phi) is 4.35. The minimum Gasteiger partial charge on any atom is -0.311 e. The molecule has 3 heteroatoms. The van der Waals surface area contributed by atoms with E-state index in [9.17, 15) is 0 Å². The van der Waals surface area contributed by atoms with Gasteiger partial charge in [0.25, 0.3) is 0 Å². The van der Waals surface area contributed by atoms with Crippen LogP contribution in [-0.2, 0) is 6.42 Å². The molecular weight excluding hydrogens is 253 g/mol. The Hall–Kier alpha value is -0.240. The van der Waals surface area contributed by atoms with Gasteiger partial charge in [0, 0.05) is 15.6 Å². The molecule has 1 saturated heterocycles. The summed E-state index contributed by atoms with van der Waals surface area (Å²) in [7, 11) is 0. The van der Waals surface area contributed by atoms with Gasteiger partial charge in [-0.1, -0.05) is 42.1 Å². The molecule has 2 rings (SSSR count). The van der Waals surface area contributed by atoms with E-state index >= 15 is 0 Å². The summed E-state index contributed by atoms with van der Waals surface area (Å²) in [5, 5.41) is 5.15. The Morgan fingerprint density at radius 1 is 1.24 bits per heavy atom. The first kappa shape index (κ1) is 13.2. The number of halogens is 2. The summed E-state index contributed by atoms with van der Waals surface area (Å²) in [6.45, 7) is 3.41. The lowest BCUT2D eigenvalue weighted by Crippen LogP contribution is -2.43. The van der Waals surface area contributed by atoms with Gasteiger partial charge in [0.1, 0.15) is 0 Å². The number of hydrogen-bond donors (Lipinski definition) is 1. The van der Waals surface area contributed by atoms with Crippen molar-refractivity contribution in [2.75, 3.05) is 6.54 Å². The zero-order valence-corrected chi connectivity index (χ0v) is 11.7. The molecule has 94 valence electrons. The molecule has 1 aromatic carbocycles. The topological polar surface area (TPSA) is 12.0 Å². The maximum atomic E-state index is 6.24. The molecule has 0 radical (unpaired) electrons. The minimum absolute atomic E-state index is 0.175. The lowest BCUT2D eigenvalue weighted by molar-refractivity contribution is 0.346. The fraction of sp³-hybridized carbons (Fsp3) is 0.571. The second-order valence-electron chi connectivity index (χ2n) is 5.21. The fourth-order valence-electron chi connectivity index (χ4n) is 2.53. The van der Waals surface area contributed by atoms with E-state index in [4.69, 9.17) is 23.2 Å². The van der Waals surface area contributed by atoms with Gasteiger partial charge in [-0.3, -0.25) is 0 Å². The molecule has 1 nitrogen and oxygen atoms in total. The standard InChI is InChI=1S/C14H19Cl2N/c1-14(7-3-2-4-8-17-14)10-11-5-6-12(15)9-13(11)16/h5-6,9,17H,2-4,7-8,10H2,1H3. The van der Waals surface area contributed by atoms with Crippen LogP contribution in [-0.4, -0.2) is 12.1 Å². The minimum atomic E-state index is 0.175. The first-order chi connectivity index (χ1) is 8.09. The zero-order chi connectivity index (χ0) is 12.3. The molecule has 1 unspecified atom stereocenters. The zero-order valence-electron chi connectivity index (χ0n) is 10.2. The molecule has 1 atom stereocenters. The van der Waals surface area contributed by atoms with Gasteiger partial charge >= 0.3 is 0 Å². The van der Waals surface area contributed by atoms with Crippen LogP contribution < -0.4 is 5.32 Å². The molecule has 1 aromatic rings. The molecule has 1 aliphatic heterocycles. The van der Waals surface area contributed by atoms with Crippen molar-refractivity contribution >= 4 is 23.2 Å². The third kappa shape index (κ3) is 3.61. The molecule has 1 heterocycles. The Balaban J connectivity index is 2.12. The van der Waals surface area contributed by atoms with Gasteiger partial charge in [0.15, 0.2) is 0 Å². The van der Waals surface area contributed by atoms with E-state index in [1.54, 1.807) is 0 Å². The highest BCUT2D eigenvalue weighted by molar-refractivity contribution is 6.35. The van der Waals surface area contributed by atoms with Gasteiger partial charge in [-0.05, 0) is 50.4 Å². The van der Waals surface area contributed by atoms with Crippen LogP contribution in [0.15, 0.2) is 18.2 Å². The molecule has 1 aliphatic rings. The van der Waals surface area contributed by atoms with Crippen LogP contribution in [0.1, 0.15) is 38.2 Å². The molecule has 1 N–H and O–H groups in total. The van der Waals surface area contributed by atoms with Crippen LogP contribution in [0.2, 0.25) is 10.0 Å². The predicted octanol–water partition coefficient (Wildman–Crippen LogP) is 4.46. The van der Waals surface area contributed by atoms with Gasteiger partial charge in [-0.25, -0.2) is 0 Å². The number of nitrogens with one attached hydrogen (secondary N) is 1. The summed E-state index contributed by atoms with van der Waals surface area (Å²) in [6, 6.07) is 5.80. The van der Waals surface area contributed by atoms with Crippen molar-refractivity contribution in [3.8, 4) is 0 Å². The van der Waals surface area contributed by atoms with Crippen molar-refractivity contribution in [3.63, 3.8) is 0 Å². The van der Waals surface area contributed by atoms with Crippen molar-refractivity contribution in [1.29, 1.82) is 0 Å². The molecule has 0 aromatic heterocycles. The molecule has 0 amide bonds. The molecule has 17 heavy (non-hydrogen) atoms. The summed E-state index contributed by atoms with van der Waals surface area (Å²) in [6.07, 6.45) is 6.10. The summed E-state index contributed by atoms with van der Waals surface area (Å²) >= 11 is 12.2. The second kappa shape index (κ2) is 5.60. The third-order valence-electron chi connectivity index (χ3n) is 3.55. The Labute approximate surface area is 114 Å². The van der Waals surface area contributed by atoms with E-state index in [1.165, 1.54) is 31.2 Å². The largest absolute Gasteiger partial charge is 0.311 e. The number of benzene rings is 1. The van der Waals surface area contributed by atoms with Gasteiger partial charge < -0.3 is 5.32 Å². The van der Waals surface area contributed by atoms with E-state index in [2.05, 4.69) is 12.2 Å². The van der Waals surface area contributed by atoms with E-state index in [0.29, 0.717) is 5.02 Å². The highest BCUT2D eigenvalue weighted by Gasteiger charge is 2.26. The molecule has 0 spiro atoms. The SMILES string of the molecule is CC1(Cc2ccc(Cl)cc2Cl)CCCCCN1. The Morgan fingerprint density at radius 3 is 2.82 bits per heavy atom. The Morgan fingerprint density at radius 2 is 2.06 bits per heavy atom. The normalized spacial score (nSPS) is 25.6. The lowest BCUT2D eigenvalue weighted by atomic mass is 9.88. The summed E-state index contributed by atoms with van der Waals surface area (Å²) in [5.41, 5.74) is 1.36. The first-order valence-electron chi connectivity index (χ1n) is 6.28. The van der Waals surface area contributed by atoms with Crippen LogP contribution in [0, 0.1) is 0 Å². The molecular formula is C14H19Cl2N. The highest BCUT2D eigenvalue weighted by Crippen LogP contribution is 2.28. The molecule has 0 bridgehead atoms. The molecule has 1 fully saturated rings. The van der Waals surface area contributed by atoms with Crippen LogP contribution in [0.3, 0.4) is 0 Å². The van der Waals surface area contributed by atoms with Crippen molar-refractivity contribution in [2.24, 2.45) is 0 Å². The van der Waals surface area contributed by atoms with E-state index in [-0.39, 0.29) is 5.54 Å². The Bertz CT molecular complexity index is 382. The smallest absolute Gasteiger partial charge is 0.0453 e. The summed E-state index contributed by atoms with van der Waals surface area (Å²) < 4.78 is 0. The van der Waals surface area contributed by atoms with Gasteiger partial charge in [-0.15, -0.1) is 0 Å². The number of rotatable bonds is 2. The predicted molar refractivity (Wildman–Crippen MR) is 75.0 cm³/mol.